The third-order valence-electron chi connectivity index (χ3n) is 6.17. The number of anilines is 3. The summed E-state index contributed by atoms with van der Waals surface area (Å²) >= 11 is 6.52. The van der Waals surface area contributed by atoms with Crippen LogP contribution in [-0.4, -0.2) is 35.2 Å². The molecule has 1 aliphatic heterocycles. The number of allylic oxidation sites excluding steroid dienone is 1. The fourth-order valence-electron chi connectivity index (χ4n) is 4.26. The highest BCUT2D eigenvalue weighted by Crippen LogP contribution is 2.39. The van der Waals surface area contributed by atoms with Crippen LogP contribution in [0.15, 0.2) is 73.1 Å². The number of nitriles is 1. The molecule has 0 saturated carbocycles. The molecule has 1 aliphatic rings. The molecule has 0 radical (unpaired) electrons. The zero-order valence-corrected chi connectivity index (χ0v) is 22.4. The Hall–Kier alpha value is -4.65. The molecule has 2 aromatic carbocycles. The lowest BCUT2D eigenvalue weighted by Crippen LogP contribution is -2.18. The van der Waals surface area contributed by atoms with Gasteiger partial charge >= 0.3 is 0 Å². The molecule has 0 spiro atoms. The molecule has 0 aliphatic carbocycles. The van der Waals surface area contributed by atoms with Crippen molar-refractivity contribution in [3.8, 4) is 17.6 Å². The van der Waals surface area contributed by atoms with E-state index in [-0.39, 0.29) is 18.6 Å². The number of carbonyl (C=O) groups is 1. The zero-order valence-electron chi connectivity index (χ0n) is 21.7. The summed E-state index contributed by atoms with van der Waals surface area (Å²) in [6.45, 7) is 3.12. The second kappa shape index (κ2) is 12.5. The van der Waals surface area contributed by atoms with Gasteiger partial charge in [-0.15, -0.1) is 0 Å². The van der Waals surface area contributed by atoms with Crippen LogP contribution in [0, 0.1) is 11.3 Å². The fraction of sp³-hybridized carbons (Fsp3) is 0.200. The van der Waals surface area contributed by atoms with Crippen LogP contribution in [0.25, 0.3) is 10.9 Å². The highest BCUT2D eigenvalue weighted by Gasteiger charge is 2.22. The van der Waals surface area contributed by atoms with Gasteiger partial charge in [0.25, 0.3) is 0 Å². The Balaban J connectivity index is 1.48. The van der Waals surface area contributed by atoms with Crippen LogP contribution in [0.1, 0.15) is 24.6 Å². The summed E-state index contributed by atoms with van der Waals surface area (Å²) < 4.78 is 17.4. The van der Waals surface area contributed by atoms with E-state index < -0.39 is 0 Å². The number of nitrogens with zero attached hydrogens (tertiary/aromatic N) is 3. The van der Waals surface area contributed by atoms with Crippen molar-refractivity contribution in [3.05, 3.63) is 89.4 Å². The number of pyridine rings is 2. The molecule has 1 fully saturated rings. The molecule has 1 amide bonds. The summed E-state index contributed by atoms with van der Waals surface area (Å²) in [5.74, 6) is 0.655. The van der Waals surface area contributed by atoms with Gasteiger partial charge in [-0.2, -0.15) is 5.26 Å². The summed E-state index contributed by atoms with van der Waals surface area (Å²) in [6.07, 6.45) is 6.85. The number of hydrogen-bond acceptors (Lipinski definition) is 8. The number of amides is 1. The Bertz CT molecular complexity index is 1600. The lowest BCUT2D eigenvalue weighted by molar-refractivity contribution is -0.111. The number of rotatable bonds is 9. The second-order valence-electron chi connectivity index (χ2n) is 8.97. The number of hydrogen-bond donors (Lipinski definition) is 2. The smallest absolute Gasteiger partial charge is 0.248 e. The largest absolute Gasteiger partial charge is 0.486 e. The number of ether oxygens (including phenoxy) is 3. The highest BCUT2D eigenvalue weighted by atomic mass is 35.5. The predicted molar refractivity (Wildman–Crippen MR) is 153 cm³/mol. The number of nitrogens with one attached hydrogen (secondary N) is 2. The Morgan fingerprint density at radius 3 is 2.80 bits per heavy atom. The SMILES string of the molecule is C/C=C/C(=O)Nc1c(OC2CCOC2)ccc2c(Nc3ccc(OCc4ccccn4)c(Cl)c3)c(C#N)cnc12. The molecule has 9 nitrogen and oxygen atoms in total. The van der Waals surface area contributed by atoms with Gasteiger partial charge in [0, 0.05) is 29.9 Å². The van der Waals surface area contributed by atoms with Crippen molar-refractivity contribution in [1.29, 1.82) is 5.26 Å². The summed E-state index contributed by atoms with van der Waals surface area (Å²) in [4.78, 5) is 21.3. The standard InChI is InChI=1S/C30H26ClN5O4/c1-2-5-27(37)36-30-26(40-22-11-13-38-18-22)10-8-23-28(19(15-32)16-34-29(23)30)35-20-7-9-25(24(31)14-20)39-17-21-6-3-4-12-33-21/h2-10,12,14,16,22H,11,13,17-18H2,1H3,(H,34,35)(H,36,37)/b5-2+. The quantitative estimate of drug-likeness (QED) is 0.236. The maximum absolute atomic E-state index is 12.6. The number of carbonyl (C=O) groups excluding carboxylic acids is 1. The minimum Gasteiger partial charge on any atom is -0.486 e. The third-order valence-corrected chi connectivity index (χ3v) is 6.47. The van der Waals surface area contributed by atoms with Crippen molar-refractivity contribution in [3.63, 3.8) is 0 Å². The van der Waals surface area contributed by atoms with Crippen LogP contribution in [0.2, 0.25) is 5.02 Å². The van der Waals surface area contributed by atoms with Crippen LogP contribution in [-0.2, 0) is 16.1 Å². The summed E-state index contributed by atoms with van der Waals surface area (Å²) in [6, 6.07) is 16.6. The van der Waals surface area contributed by atoms with E-state index in [0.717, 1.165) is 12.1 Å². The van der Waals surface area contributed by atoms with E-state index in [1.54, 1.807) is 43.5 Å². The van der Waals surface area contributed by atoms with Gasteiger partial charge in [-0.3, -0.25) is 14.8 Å². The maximum atomic E-state index is 12.6. The normalized spacial score (nSPS) is 14.7. The predicted octanol–water partition coefficient (Wildman–Crippen LogP) is 6.16. The first-order valence-electron chi connectivity index (χ1n) is 12.7. The Kier molecular flexibility index (Phi) is 8.40. The van der Waals surface area contributed by atoms with E-state index in [0.29, 0.717) is 63.3 Å². The average molecular weight is 556 g/mol. The van der Waals surface area contributed by atoms with Gasteiger partial charge in [0.15, 0.2) is 0 Å². The van der Waals surface area contributed by atoms with Crippen LogP contribution in [0.3, 0.4) is 0 Å². The topological polar surface area (TPSA) is 118 Å². The van der Waals surface area contributed by atoms with Crippen molar-refractivity contribution < 1.29 is 19.0 Å². The van der Waals surface area contributed by atoms with Gasteiger partial charge < -0.3 is 24.8 Å². The van der Waals surface area contributed by atoms with Gasteiger partial charge in [-0.25, -0.2) is 0 Å². The molecule has 1 saturated heterocycles. The molecule has 5 rings (SSSR count). The Labute approximate surface area is 236 Å². The van der Waals surface area contributed by atoms with Gasteiger partial charge in [0.1, 0.15) is 36.0 Å². The minimum atomic E-state index is -0.323. The second-order valence-corrected chi connectivity index (χ2v) is 9.37. The molecule has 4 aromatic rings. The first-order valence-corrected chi connectivity index (χ1v) is 13.1. The molecule has 1 atom stereocenters. The van der Waals surface area contributed by atoms with Crippen molar-refractivity contribution in [2.24, 2.45) is 0 Å². The lowest BCUT2D eigenvalue weighted by atomic mass is 10.1. The zero-order chi connectivity index (χ0) is 27.9. The van der Waals surface area contributed by atoms with Crippen molar-refractivity contribution in [2.45, 2.75) is 26.1 Å². The molecular formula is C30H26ClN5O4. The number of fused-ring (bicyclic) bond motifs is 1. The maximum Gasteiger partial charge on any atom is 0.248 e. The van der Waals surface area contributed by atoms with E-state index >= 15 is 0 Å². The van der Waals surface area contributed by atoms with Gasteiger partial charge in [0.2, 0.25) is 5.91 Å². The van der Waals surface area contributed by atoms with E-state index in [9.17, 15) is 10.1 Å². The first kappa shape index (κ1) is 26.9. The third kappa shape index (κ3) is 6.15. The van der Waals surface area contributed by atoms with Crippen LogP contribution in [0.4, 0.5) is 17.1 Å². The highest BCUT2D eigenvalue weighted by molar-refractivity contribution is 6.32. The monoisotopic (exact) mass is 555 g/mol. The van der Waals surface area contributed by atoms with Crippen LogP contribution >= 0.6 is 11.6 Å². The minimum absolute atomic E-state index is 0.133. The van der Waals surface area contributed by atoms with E-state index in [4.69, 9.17) is 25.8 Å². The van der Waals surface area contributed by atoms with Gasteiger partial charge in [0.05, 0.1) is 40.7 Å². The Morgan fingerprint density at radius 2 is 2.08 bits per heavy atom. The summed E-state index contributed by atoms with van der Waals surface area (Å²) in [5, 5.41) is 17.1. The van der Waals surface area contributed by atoms with E-state index in [1.807, 2.05) is 24.3 Å². The van der Waals surface area contributed by atoms with E-state index in [2.05, 4.69) is 26.7 Å². The molecule has 2 N–H and O–H groups in total. The lowest BCUT2D eigenvalue weighted by Gasteiger charge is -2.19. The molecule has 202 valence electrons. The summed E-state index contributed by atoms with van der Waals surface area (Å²) in [7, 11) is 0. The number of benzene rings is 2. The Morgan fingerprint density at radius 1 is 1.20 bits per heavy atom. The molecule has 1 unspecified atom stereocenters. The number of aromatic nitrogens is 2. The van der Waals surface area contributed by atoms with Crippen LogP contribution < -0.4 is 20.1 Å². The molecular weight excluding hydrogens is 530 g/mol. The van der Waals surface area contributed by atoms with Crippen molar-refractivity contribution in [2.75, 3.05) is 23.8 Å². The molecule has 40 heavy (non-hydrogen) atoms. The van der Waals surface area contributed by atoms with Gasteiger partial charge in [-0.05, 0) is 55.5 Å². The number of halogens is 1. The average Bonchev–Trinajstić information content (AvgIpc) is 3.48. The molecule has 10 heteroatoms. The summed E-state index contributed by atoms with van der Waals surface area (Å²) in [5.41, 5.74) is 3.14. The van der Waals surface area contributed by atoms with Gasteiger partial charge in [-0.1, -0.05) is 23.7 Å². The molecule has 3 heterocycles. The van der Waals surface area contributed by atoms with Crippen molar-refractivity contribution >= 4 is 45.5 Å². The molecule has 0 bridgehead atoms. The van der Waals surface area contributed by atoms with E-state index in [1.165, 1.54) is 12.3 Å². The molecule has 2 aromatic heterocycles. The van der Waals surface area contributed by atoms with Crippen molar-refractivity contribution in [1.82, 2.24) is 9.97 Å². The first-order chi connectivity index (χ1) is 19.6. The van der Waals surface area contributed by atoms with Crippen LogP contribution in [0.5, 0.6) is 11.5 Å². The fourth-order valence-corrected chi connectivity index (χ4v) is 4.50.